The molecule has 10 nitrogen and oxygen atoms in total. The van der Waals surface area contributed by atoms with Crippen LogP contribution in [0.2, 0.25) is 10.0 Å². The van der Waals surface area contributed by atoms with Crippen LogP contribution in [0.5, 0.6) is 17.5 Å². The molecular weight excluding hydrogens is 539 g/mol. The molecule has 0 bridgehead atoms. The van der Waals surface area contributed by atoms with Gasteiger partial charge in [0.2, 0.25) is 11.8 Å². The van der Waals surface area contributed by atoms with Crippen molar-refractivity contribution in [3.05, 3.63) is 99.2 Å². The second-order valence-electron chi connectivity index (χ2n) is 9.28. The van der Waals surface area contributed by atoms with Crippen LogP contribution in [0.3, 0.4) is 0 Å². The first-order valence-corrected chi connectivity index (χ1v) is 12.8. The number of hydrogen-bond acceptors (Lipinski definition) is 7. The zero-order valence-electron chi connectivity index (χ0n) is 20.8. The van der Waals surface area contributed by atoms with Crippen molar-refractivity contribution < 1.29 is 9.47 Å². The Balaban J connectivity index is 1.28. The normalized spacial score (nSPS) is 14.2. The van der Waals surface area contributed by atoms with E-state index in [1.54, 1.807) is 33.7 Å². The van der Waals surface area contributed by atoms with Crippen LogP contribution < -0.4 is 9.47 Å². The van der Waals surface area contributed by atoms with Gasteiger partial charge in [-0.25, -0.2) is 14.5 Å². The van der Waals surface area contributed by atoms with E-state index < -0.39 is 0 Å². The molecule has 1 N–H and O–H groups in total. The lowest BCUT2D eigenvalue weighted by molar-refractivity contribution is 0.306. The molecule has 12 heteroatoms. The van der Waals surface area contributed by atoms with Gasteiger partial charge in [-0.15, -0.1) is 10.2 Å². The Hall–Kier alpha value is -4.41. The number of nitrogens with one attached hydrogen (secondary N) is 1. The Morgan fingerprint density at radius 2 is 2.00 bits per heavy atom. The van der Waals surface area contributed by atoms with Crippen molar-refractivity contribution in [1.29, 1.82) is 0 Å². The quantitative estimate of drug-likeness (QED) is 0.287. The van der Waals surface area contributed by atoms with Crippen LogP contribution in [0.4, 0.5) is 0 Å². The first kappa shape index (κ1) is 23.7. The number of halogens is 2. The topological polar surface area (TPSA) is 108 Å². The molecule has 7 rings (SSSR count). The van der Waals surface area contributed by atoms with Crippen LogP contribution in [0.15, 0.2) is 61.2 Å². The Bertz CT molecular complexity index is 1880. The van der Waals surface area contributed by atoms with Crippen molar-refractivity contribution in [2.45, 2.75) is 19.4 Å². The highest BCUT2D eigenvalue weighted by molar-refractivity contribution is 6.35. The summed E-state index contributed by atoms with van der Waals surface area (Å²) >= 11 is 12.3. The van der Waals surface area contributed by atoms with Crippen LogP contribution >= 0.6 is 23.2 Å². The van der Waals surface area contributed by atoms with Crippen LogP contribution in [0.1, 0.15) is 33.9 Å². The number of aryl methyl sites for hydroxylation is 2. The maximum absolute atomic E-state index is 6.26. The van der Waals surface area contributed by atoms with E-state index in [2.05, 4.69) is 20.3 Å². The maximum Gasteiger partial charge on any atom is 0.244 e. The van der Waals surface area contributed by atoms with Crippen molar-refractivity contribution in [1.82, 2.24) is 39.6 Å². The van der Waals surface area contributed by atoms with Gasteiger partial charge in [0.05, 0.1) is 22.7 Å². The van der Waals surface area contributed by atoms with E-state index in [-0.39, 0.29) is 5.92 Å². The summed E-state index contributed by atoms with van der Waals surface area (Å²) in [5, 5.41) is 17.5. The first-order chi connectivity index (χ1) is 18.9. The highest BCUT2D eigenvalue weighted by atomic mass is 35.5. The number of fused-ring (bicyclic) bond motifs is 4. The number of rotatable bonds is 5. The molecule has 1 aliphatic rings. The molecule has 1 aliphatic heterocycles. The minimum absolute atomic E-state index is 0.228. The molecule has 5 heterocycles. The molecule has 0 radical (unpaired) electrons. The molecule has 6 aromatic rings. The van der Waals surface area contributed by atoms with Gasteiger partial charge in [0, 0.05) is 40.7 Å². The minimum atomic E-state index is -0.228. The molecule has 1 unspecified atom stereocenters. The van der Waals surface area contributed by atoms with Gasteiger partial charge in [0.25, 0.3) is 0 Å². The van der Waals surface area contributed by atoms with E-state index in [0.29, 0.717) is 45.6 Å². The fourth-order valence-electron chi connectivity index (χ4n) is 4.86. The second kappa shape index (κ2) is 9.11. The SMILES string of the molecule is Cc1[nH]nc2c1C(c1cnn(C)c1)c1c(ncn3nc(-c4cccc(COc5ccc(Cl)cc5Cl)c4)nc13)O2. The van der Waals surface area contributed by atoms with E-state index in [1.807, 2.05) is 50.6 Å². The Labute approximate surface area is 232 Å². The van der Waals surface area contributed by atoms with Crippen molar-refractivity contribution >= 4 is 28.8 Å². The van der Waals surface area contributed by atoms with Crippen LogP contribution in [0.25, 0.3) is 17.0 Å². The number of nitrogens with zero attached hydrogens (tertiary/aromatic N) is 7. The highest BCUT2D eigenvalue weighted by Crippen LogP contribution is 2.48. The van der Waals surface area contributed by atoms with Gasteiger partial charge in [-0.1, -0.05) is 41.4 Å². The molecule has 4 aromatic heterocycles. The van der Waals surface area contributed by atoms with Gasteiger partial charge >= 0.3 is 0 Å². The second-order valence-corrected chi connectivity index (χ2v) is 10.1. The van der Waals surface area contributed by atoms with Gasteiger partial charge in [-0.2, -0.15) is 5.10 Å². The lowest BCUT2D eigenvalue weighted by atomic mass is 9.86. The summed E-state index contributed by atoms with van der Waals surface area (Å²) < 4.78 is 15.5. The smallest absolute Gasteiger partial charge is 0.244 e. The van der Waals surface area contributed by atoms with Gasteiger partial charge in [-0.3, -0.25) is 9.78 Å². The van der Waals surface area contributed by atoms with E-state index in [1.165, 1.54) is 0 Å². The Kier molecular flexibility index (Phi) is 5.53. The van der Waals surface area contributed by atoms with Crippen LogP contribution in [0, 0.1) is 6.92 Å². The fraction of sp³-hybridized carbons (Fsp3) is 0.148. The predicted molar refractivity (Wildman–Crippen MR) is 145 cm³/mol. The van der Waals surface area contributed by atoms with Gasteiger partial charge < -0.3 is 9.47 Å². The molecule has 1 atom stereocenters. The van der Waals surface area contributed by atoms with Crippen molar-refractivity contribution in [2.24, 2.45) is 7.05 Å². The molecule has 194 valence electrons. The molecule has 0 aliphatic carbocycles. The monoisotopic (exact) mass is 558 g/mol. The molecule has 0 fully saturated rings. The number of aromatic amines is 1. The van der Waals surface area contributed by atoms with Gasteiger partial charge in [0.15, 0.2) is 11.5 Å². The Morgan fingerprint density at radius 1 is 1.10 bits per heavy atom. The molecule has 0 spiro atoms. The summed E-state index contributed by atoms with van der Waals surface area (Å²) in [6.45, 7) is 2.29. The predicted octanol–water partition coefficient (Wildman–Crippen LogP) is 5.73. The summed E-state index contributed by atoms with van der Waals surface area (Å²) in [5.74, 6) is 1.82. The number of aromatic nitrogens is 8. The summed E-state index contributed by atoms with van der Waals surface area (Å²) in [6.07, 6.45) is 5.42. The van der Waals surface area contributed by atoms with Crippen LogP contribution in [-0.4, -0.2) is 39.6 Å². The highest BCUT2D eigenvalue weighted by Gasteiger charge is 2.37. The summed E-state index contributed by atoms with van der Waals surface area (Å²) in [4.78, 5) is 9.50. The summed E-state index contributed by atoms with van der Waals surface area (Å²) in [6, 6.07) is 13.0. The molecule has 2 aromatic carbocycles. The maximum atomic E-state index is 6.26. The average molecular weight is 559 g/mol. The van der Waals surface area contributed by atoms with Gasteiger partial charge in [0.1, 0.15) is 18.7 Å². The van der Waals surface area contributed by atoms with Crippen molar-refractivity contribution in [2.75, 3.05) is 0 Å². The van der Waals surface area contributed by atoms with E-state index >= 15 is 0 Å². The lowest BCUT2D eigenvalue weighted by Gasteiger charge is -2.24. The number of benzene rings is 2. The zero-order chi connectivity index (χ0) is 26.7. The van der Waals surface area contributed by atoms with Crippen LogP contribution in [-0.2, 0) is 13.7 Å². The minimum Gasteiger partial charge on any atom is -0.487 e. The van der Waals surface area contributed by atoms with E-state index in [0.717, 1.165) is 33.5 Å². The Morgan fingerprint density at radius 3 is 2.82 bits per heavy atom. The number of ether oxygens (including phenoxy) is 2. The van der Waals surface area contributed by atoms with Crippen molar-refractivity contribution in [3.63, 3.8) is 0 Å². The molecule has 0 amide bonds. The third-order valence-electron chi connectivity index (χ3n) is 6.65. The lowest BCUT2D eigenvalue weighted by Crippen LogP contribution is -2.14. The summed E-state index contributed by atoms with van der Waals surface area (Å²) in [5.41, 5.74) is 6.03. The first-order valence-electron chi connectivity index (χ1n) is 12.1. The molecule has 0 saturated heterocycles. The zero-order valence-corrected chi connectivity index (χ0v) is 22.3. The number of hydrogen-bond donors (Lipinski definition) is 1. The molecular formula is C27H20Cl2N8O2. The van der Waals surface area contributed by atoms with E-state index in [4.69, 9.17) is 42.8 Å². The van der Waals surface area contributed by atoms with E-state index in [9.17, 15) is 0 Å². The standard InChI is InChI=1S/C27H20Cl2N8O2/c1-14-21-22(17-10-31-36(2)11-17)23-25-32-24(35-37(25)13-30-26(23)39-27(21)34-33-14)16-5-3-4-15(8-16)12-38-20-7-6-18(28)9-19(20)29/h3-11,13,22H,12H2,1-2H3,(H,33,34). The molecule has 39 heavy (non-hydrogen) atoms. The average Bonchev–Trinajstić information content (AvgIpc) is 3.65. The third-order valence-corrected chi connectivity index (χ3v) is 7.18. The fourth-order valence-corrected chi connectivity index (χ4v) is 5.32. The van der Waals surface area contributed by atoms with Gasteiger partial charge in [-0.05, 0) is 36.8 Å². The van der Waals surface area contributed by atoms with Crippen molar-refractivity contribution in [3.8, 4) is 28.9 Å². The molecule has 0 saturated carbocycles. The third kappa shape index (κ3) is 4.08. The number of H-pyrrole nitrogens is 1. The summed E-state index contributed by atoms with van der Waals surface area (Å²) in [7, 11) is 1.89. The largest absolute Gasteiger partial charge is 0.487 e.